The van der Waals surface area contributed by atoms with E-state index in [-0.39, 0.29) is 29.7 Å². The van der Waals surface area contributed by atoms with Gasteiger partial charge in [0.05, 0.1) is 24.0 Å². The SMILES string of the molecule is CCOC(=O)c1cc(C(C)(C)C)n(-c2ccc(C(=O)N[C@H](Cc3ccccc3)c3ccccc3)cc2)n1. The van der Waals surface area contributed by atoms with Crippen molar-refractivity contribution < 1.29 is 14.3 Å². The second kappa shape index (κ2) is 11.2. The molecule has 0 fully saturated rings. The molecule has 6 nitrogen and oxygen atoms in total. The van der Waals surface area contributed by atoms with Crippen LogP contribution in [0.5, 0.6) is 0 Å². The highest BCUT2D eigenvalue weighted by Crippen LogP contribution is 2.27. The molecule has 0 radical (unpaired) electrons. The van der Waals surface area contributed by atoms with Crippen LogP contribution in [0.4, 0.5) is 0 Å². The highest BCUT2D eigenvalue weighted by Gasteiger charge is 2.25. The van der Waals surface area contributed by atoms with E-state index >= 15 is 0 Å². The van der Waals surface area contributed by atoms with Crippen molar-refractivity contribution >= 4 is 11.9 Å². The van der Waals surface area contributed by atoms with E-state index in [0.717, 1.165) is 22.5 Å². The van der Waals surface area contributed by atoms with Gasteiger partial charge in [-0.05, 0) is 54.8 Å². The molecular formula is C31H33N3O3. The summed E-state index contributed by atoms with van der Waals surface area (Å²) in [6, 6.07) is 29.0. The molecule has 4 rings (SSSR count). The van der Waals surface area contributed by atoms with E-state index in [4.69, 9.17) is 4.74 Å². The van der Waals surface area contributed by atoms with Crippen LogP contribution in [0.3, 0.4) is 0 Å². The van der Waals surface area contributed by atoms with E-state index in [1.165, 1.54) is 0 Å². The van der Waals surface area contributed by atoms with Crippen LogP contribution in [-0.2, 0) is 16.6 Å². The molecule has 0 saturated carbocycles. The first-order chi connectivity index (χ1) is 17.8. The van der Waals surface area contributed by atoms with Crippen LogP contribution in [0, 0.1) is 0 Å². The van der Waals surface area contributed by atoms with Gasteiger partial charge >= 0.3 is 5.97 Å². The van der Waals surface area contributed by atoms with E-state index in [0.29, 0.717) is 12.0 Å². The van der Waals surface area contributed by atoms with Crippen LogP contribution >= 0.6 is 0 Å². The number of rotatable bonds is 8. The Morgan fingerprint density at radius 1 is 0.919 bits per heavy atom. The van der Waals surface area contributed by atoms with Gasteiger partial charge in [-0.15, -0.1) is 0 Å². The average Bonchev–Trinajstić information content (AvgIpc) is 3.36. The molecule has 190 valence electrons. The summed E-state index contributed by atoms with van der Waals surface area (Å²) in [7, 11) is 0. The first-order valence-electron chi connectivity index (χ1n) is 12.5. The standard InChI is InChI=1S/C31H33N3O3/c1-5-37-30(36)27-21-28(31(2,3)4)34(33-27)25-18-16-24(17-19-25)29(35)32-26(23-14-10-7-11-15-23)20-22-12-8-6-9-13-22/h6-19,21,26H,5,20H2,1-4H3,(H,32,35)/t26-/m1/s1. The van der Waals surface area contributed by atoms with Crippen LogP contribution in [0.1, 0.15) is 71.4 Å². The molecule has 37 heavy (non-hydrogen) atoms. The molecule has 6 heteroatoms. The zero-order chi connectivity index (χ0) is 26.4. The average molecular weight is 496 g/mol. The fourth-order valence-corrected chi connectivity index (χ4v) is 4.20. The number of nitrogens with zero attached hydrogens (tertiary/aromatic N) is 2. The first-order valence-corrected chi connectivity index (χ1v) is 12.5. The lowest BCUT2D eigenvalue weighted by molar-refractivity contribution is 0.0518. The second-order valence-electron chi connectivity index (χ2n) is 9.97. The molecular weight excluding hydrogens is 462 g/mol. The Hall–Kier alpha value is -4.19. The van der Waals surface area contributed by atoms with Crippen molar-refractivity contribution in [1.82, 2.24) is 15.1 Å². The fraction of sp³-hybridized carbons (Fsp3) is 0.258. The van der Waals surface area contributed by atoms with Gasteiger partial charge in [-0.25, -0.2) is 9.48 Å². The smallest absolute Gasteiger partial charge is 0.358 e. The van der Waals surface area contributed by atoms with Crippen molar-refractivity contribution in [2.45, 2.75) is 45.6 Å². The largest absolute Gasteiger partial charge is 0.461 e. The maximum atomic E-state index is 13.3. The van der Waals surface area contributed by atoms with Gasteiger partial charge in [-0.1, -0.05) is 81.4 Å². The molecule has 0 spiro atoms. The molecule has 1 amide bonds. The van der Waals surface area contributed by atoms with Crippen molar-refractivity contribution in [1.29, 1.82) is 0 Å². The molecule has 1 heterocycles. The van der Waals surface area contributed by atoms with Crippen molar-refractivity contribution in [3.05, 3.63) is 119 Å². The molecule has 1 N–H and O–H groups in total. The lowest BCUT2D eigenvalue weighted by Gasteiger charge is -2.21. The Bertz CT molecular complexity index is 1340. The topological polar surface area (TPSA) is 73.2 Å². The summed E-state index contributed by atoms with van der Waals surface area (Å²) in [6.07, 6.45) is 0.688. The minimum atomic E-state index is -0.451. The van der Waals surface area contributed by atoms with Crippen LogP contribution in [0.15, 0.2) is 91.0 Å². The number of esters is 1. The van der Waals surface area contributed by atoms with E-state index < -0.39 is 5.97 Å². The van der Waals surface area contributed by atoms with Gasteiger partial charge in [-0.3, -0.25) is 4.79 Å². The van der Waals surface area contributed by atoms with Crippen molar-refractivity contribution in [2.75, 3.05) is 6.61 Å². The Morgan fingerprint density at radius 2 is 1.54 bits per heavy atom. The van der Waals surface area contributed by atoms with Crippen LogP contribution in [-0.4, -0.2) is 28.3 Å². The summed E-state index contributed by atoms with van der Waals surface area (Å²) in [5.41, 5.74) is 4.40. The number of carbonyl (C=O) groups is 2. The molecule has 0 saturated heterocycles. The summed E-state index contributed by atoms with van der Waals surface area (Å²) >= 11 is 0. The lowest BCUT2D eigenvalue weighted by atomic mass is 9.91. The minimum Gasteiger partial charge on any atom is -0.461 e. The fourth-order valence-electron chi connectivity index (χ4n) is 4.20. The predicted octanol–water partition coefficient (Wildman–Crippen LogP) is 6.06. The molecule has 0 bridgehead atoms. The molecule has 0 unspecified atom stereocenters. The second-order valence-corrected chi connectivity index (χ2v) is 9.97. The number of hydrogen-bond acceptors (Lipinski definition) is 4. The monoisotopic (exact) mass is 495 g/mol. The first kappa shape index (κ1) is 25.9. The van der Waals surface area contributed by atoms with Crippen LogP contribution < -0.4 is 5.32 Å². The Kier molecular flexibility index (Phi) is 7.87. The number of ether oxygens (including phenoxy) is 1. The third-order valence-electron chi connectivity index (χ3n) is 6.13. The third kappa shape index (κ3) is 6.33. The number of aromatic nitrogens is 2. The van der Waals surface area contributed by atoms with Gasteiger partial charge in [0.1, 0.15) is 0 Å². The van der Waals surface area contributed by atoms with E-state index in [1.807, 2.05) is 60.7 Å². The number of hydrogen-bond donors (Lipinski definition) is 1. The van der Waals surface area contributed by atoms with Gasteiger partial charge in [0.15, 0.2) is 5.69 Å². The Balaban J connectivity index is 1.58. The van der Waals surface area contributed by atoms with Gasteiger partial charge in [0, 0.05) is 11.0 Å². The Labute approximate surface area is 218 Å². The highest BCUT2D eigenvalue weighted by atomic mass is 16.5. The Morgan fingerprint density at radius 3 is 2.14 bits per heavy atom. The molecule has 0 aliphatic rings. The summed E-state index contributed by atoms with van der Waals surface area (Å²) in [4.78, 5) is 25.6. The van der Waals surface area contributed by atoms with Crippen LogP contribution in [0.25, 0.3) is 5.69 Å². The van der Waals surface area contributed by atoms with Crippen molar-refractivity contribution in [3.63, 3.8) is 0 Å². The maximum Gasteiger partial charge on any atom is 0.358 e. The molecule has 1 atom stereocenters. The quantitative estimate of drug-likeness (QED) is 0.302. The lowest BCUT2D eigenvalue weighted by Crippen LogP contribution is -2.30. The van der Waals surface area contributed by atoms with Crippen molar-refractivity contribution in [3.8, 4) is 5.69 Å². The predicted molar refractivity (Wildman–Crippen MR) is 145 cm³/mol. The summed E-state index contributed by atoms with van der Waals surface area (Å²) < 4.78 is 6.89. The van der Waals surface area contributed by atoms with Gasteiger partial charge in [0.2, 0.25) is 0 Å². The maximum absolute atomic E-state index is 13.3. The van der Waals surface area contributed by atoms with Crippen molar-refractivity contribution in [2.24, 2.45) is 0 Å². The number of carbonyl (C=O) groups excluding carboxylic acids is 2. The minimum absolute atomic E-state index is 0.153. The molecule has 4 aromatic rings. The number of amides is 1. The van der Waals surface area contributed by atoms with E-state index in [1.54, 1.807) is 29.8 Å². The van der Waals surface area contributed by atoms with E-state index in [9.17, 15) is 9.59 Å². The number of nitrogens with one attached hydrogen (secondary N) is 1. The van der Waals surface area contributed by atoms with Gasteiger partial charge in [-0.2, -0.15) is 5.10 Å². The molecule has 0 aliphatic carbocycles. The van der Waals surface area contributed by atoms with Crippen LogP contribution in [0.2, 0.25) is 0 Å². The molecule has 0 aliphatic heterocycles. The molecule has 3 aromatic carbocycles. The van der Waals surface area contributed by atoms with E-state index in [2.05, 4.69) is 43.3 Å². The highest BCUT2D eigenvalue weighted by molar-refractivity contribution is 5.94. The normalized spacial score (nSPS) is 12.1. The summed E-state index contributed by atoms with van der Waals surface area (Å²) in [5, 5.41) is 7.72. The van der Waals surface area contributed by atoms with Gasteiger partial charge in [0.25, 0.3) is 5.91 Å². The summed E-state index contributed by atoms with van der Waals surface area (Å²) in [5.74, 6) is -0.604. The third-order valence-corrected chi connectivity index (χ3v) is 6.13. The zero-order valence-electron chi connectivity index (χ0n) is 21.8. The summed E-state index contributed by atoms with van der Waals surface area (Å²) in [6.45, 7) is 8.25. The molecule has 1 aromatic heterocycles. The van der Waals surface area contributed by atoms with Gasteiger partial charge < -0.3 is 10.1 Å². The zero-order valence-corrected chi connectivity index (χ0v) is 21.8. The number of benzene rings is 3.